The molecule has 0 aromatic heterocycles. The number of halogens is 1. The van der Waals surface area contributed by atoms with E-state index in [2.05, 4.69) is 57.2 Å². The van der Waals surface area contributed by atoms with Gasteiger partial charge in [0.15, 0.2) is 0 Å². The van der Waals surface area contributed by atoms with Gasteiger partial charge < -0.3 is 14.0 Å². The number of rotatable bonds is 2. The van der Waals surface area contributed by atoms with Crippen molar-refractivity contribution in [2.75, 3.05) is 0 Å². The van der Waals surface area contributed by atoms with Gasteiger partial charge in [-0.05, 0) is 53.9 Å². The zero-order valence-corrected chi connectivity index (χ0v) is 14.2. The molecule has 0 aliphatic carbocycles. The maximum atomic E-state index is 6.10. The molecule has 2 fully saturated rings. The minimum Gasteiger partial charge on any atom is -0.402 e. The molecule has 0 aromatic rings. The third-order valence-corrected chi connectivity index (χ3v) is 5.78. The van der Waals surface area contributed by atoms with Crippen LogP contribution in [0.2, 0.25) is 0 Å². The molecule has 104 valence electrons. The molecule has 0 N–H and O–H groups in total. The van der Waals surface area contributed by atoms with Crippen LogP contribution in [0.4, 0.5) is 0 Å². The maximum Gasteiger partial charge on any atom is 0.474 e. The summed E-state index contributed by atoms with van der Waals surface area (Å²) in [4.78, 5) is 0. The van der Waals surface area contributed by atoms with Gasteiger partial charge in [-0.15, -0.1) is 0 Å². The minimum atomic E-state index is -0.249. The Morgan fingerprint density at radius 3 is 2.17 bits per heavy atom. The molecule has 2 aliphatic heterocycles. The Labute approximate surface area is 125 Å². The molecule has 0 amide bonds. The second-order valence-corrected chi connectivity index (χ2v) is 7.92. The fourth-order valence-corrected chi connectivity index (χ4v) is 3.29. The van der Waals surface area contributed by atoms with Crippen molar-refractivity contribution in [3.8, 4) is 0 Å². The van der Waals surface area contributed by atoms with Crippen molar-refractivity contribution < 1.29 is 14.0 Å². The lowest BCUT2D eigenvalue weighted by molar-refractivity contribution is -0.0331. The van der Waals surface area contributed by atoms with Crippen LogP contribution < -0.4 is 0 Å². The van der Waals surface area contributed by atoms with Gasteiger partial charge >= 0.3 is 7.12 Å². The Bertz CT molecular complexity index is 293. The van der Waals surface area contributed by atoms with Crippen LogP contribution in [0.1, 0.15) is 53.9 Å². The highest BCUT2D eigenvalue weighted by Gasteiger charge is 2.55. The van der Waals surface area contributed by atoms with E-state index in [1.54, 1.807) is 0 Å². The van der Waals surface area contributed by atoms with E-state index in [-0.39, 0.29) is 28.2 Å². The van der Waals surface area contributed by atoms with Crippen LogP contribution in [0.15, 0.2) is 0 Å². The summed E-state index contributed by atoms with van der Waals surface area (Å²) in [6.07, 6.45) is 4.14. The van der Waals surface area contributed by atoms with Gasteiger partial charge in [0.2, 0.25) is 0 Å². The van der Waals surface area contributed by atoms with Crippen LogP contribution in [0.5, 0.6) is 0 Å². The average Bonchev–Trinajstić information content (AvgIpc) is 2.47. The topological polar surface area (TPSA) is 27.7 Å². The third kappa shape index (κ3) is 2.89. The Morgan fingerprint density at radius 2 is 1.67 bits per heavy atom. The lowest BCUT2D eigenvalue weighted by Gasteiger charge is -2.32. The van der Waals surface area contributed by atoms with Gasteiger partial charge in [-0.3, -0.25) is 0 Å². The summed E-state index contributed by atoms with van der Waals surface area (Å²) >= 11 is 2.43. The summed E-state index contributed by atoms with van der Waals surface area (Å²) in [7, 11) is -0.161. The van der Waals surface area contributed by atoms with E-state index < -0.39 is 0 Å². The van der Waals surface area contributed by atoms with E-state index in [9.17, 15) is 0 Å². The molecule has 2 heterocycles. The van der Waals surface area contributed by atoms with Crippen molar-refractivity contribution in [2.24, 2.45) is 0 Å². The molecule has 5 heteroatoms. The van der Waals surface area contributed by atoms with Gasteiger partial charge in [0.25, 0.3) is 0 Å². The fraction of sp³-hybridized carbons (Fsp3) is 1.00. The van der Waals surface area contributed by atoms with Crippen molar-refractivity contribution in [3.63, 3.8) is 0 Å². The third-order valence-electron chi connectivity index (χ3n) is 4.39. The molecule has 2 aliphatic rings. The monoisotopic (exact) mass is 366 g/mol. The average molecular weight is 366 g/mol. The maximum absolute atomic E-state index is 6.10. The highest BCUT2D eigenvalue weighted by atomic mass is 127. The molecule has 1 unspecified atom stereocenters. The number of hydrogen-bond acceptors (Lipinski definition) is 3. The fourth-order valence-electron chi connectivity index (χ4n) is 2.47. The molecular formula is C13H24BIO3. The van der Waals surface area contributed by atoms with Crippen LogP contribution in [-0.4, -0.2) is 34.4 Å². The van der Waals surface area contributed by atoms with E-state index in [1.165, 1.54) is 12.8 Å². The molecule has 3 nitrogen and oxygen atoms in total. The summed E-state index contributed by atoms with van der Waals surface area (Å²) in [5, 5.41) is 0. The van der Waals surface area contributed by atoms with Gasteiger partial charge in [0, 0.05) is 0 Å². The predicted octanol–water partition coefficient (Wildman–Crippen LogP) is 3.38. The first kappa shape index (κ1) is 15.1. The smallest absolute Gasteiger partial charge is 0.402 e. The molecule has 3 atom stereocenters. The lowest BCUT2D eigenvalue weighted by atomic mass is 9.79. The Balaban J connectivity index is 2.00. The highest BCUT2D eigenvalue weighted by Crippen LogP contribution is 2.40. The second kappa shape index (κ2) is 5.22. The first-order valence-electron chi connectivity index (χ1n) is 6.88. The van der Waals surface area contributed by atoms with E-state index in [1.807, 2.05) is 0 Å². The standard InChI is InChI=1S/C13H24BIO3/c1-9-7-6-8-10(16-9)11(15)14-17-12(2,3)13(4,5)18-14/h9-11H,6-8H2,1-5H3/t9?,10-,11-/m0/s1. The Hall–Kier alpha value is 0.675. The summed E-state index contributed by atoms with van der Waals surface area (Å²) in [5.74, 6) is 0. The van der Waals surface area contributed by atoms with Crippen LogP contribution in [0, 0.1) is 0 Å². The summed E-state index contributed by atoms with van der Waals surface area (Å²) in [6, 6.07) is 0. The number of ether oxygens (including phenoxy) is 1. The number of alkyl halides is 1. The molecule has 0 aromatic carbocycles. The van der Waals surface area contributed by atoms with Gasteiger partial charge in [-0.2, -0.15) is 0 Å². The molecule has 0 bridgehead atoms. The van der Waals surface area contributed by atoms with Gasteiger partial charge in [-0.25, -0.2) is 0 Å². The molecule has 18 heavy (non-hydrogen) atoms. The second-order valence-electron chi connectivity index (χ2n) is 6.49. The zero-order chi connectivity index (χ0) is 13.6. The molecule has 2 rings (SSSR count). The largest absolute Gasteiger partial charge is 0.474 e. The van der Waals surface area contributed by atoms with E-state index in [4.69, 9.17) is 14.0 Å². The van der Waals surface area contributed by atoms with Gasteiger partial charge in [0.05, 0.1) is 27.2 Å². The van der Waals surface area contributed by atoms with Crippen LogP contribution in [0.25, 0.3) is 0 Å². The highest BCUT2D eigenvalue weighted by molar-refractivity contribution is 14.1. The first-order valence-corrected chi connectivity index (χ1v) is 8.13. The van der Waals surface area contributed by atoms with Crippen molar-refractivity contribution in [1.82, 2.24) is 0 Å². The zero-order valence-electron chi connectivity index (χ0n) is 12.0. The van der Waals surface area contributed by atoms with Crippen molar-refractivity contribution in [2.45, 2.75) is 81.1 Å². The molecule has 2 saturated heterocycles. The summed E-state index contributed by atoms with van der Waals surface area (Å²) in [6.45, 7) is 10.5. The molecular weight excluding hydrogens is 342 g/mol. The summed E-state index contributed by atoms with van der Waals surface area (Å²) < 4.78 is 18.5. The Morgan fingerprint density at radius 1 is 1.11 bits per heavy atom. The van der Waals surface area contributed by atoms with Crippen molar-refractivity contribution in [3.05, 3.63) is 0 Å². The minimum absolute atomic E-state index is 0.161. The molecule has 0 spiro atoms. The van der Waals surface area contributed by atoms with Crippen LogP contribution in [0.3, 0.4) is 0 Å². The molecule has 0 saturated carbocycles. The number of hydrogen-bond donors (Lipinski definition) is 0. The SMILES string of the molecule is CC1CCC[C@@H]([C@H](I)B2OC(C)(C)C(C)(C)O2)O1. The Kier molecular flexibility index (Phi) is 4.37. The van der Waals surface area contributed by atoms with Gasteiger partial charge in [-0.1, -0.05) is 22.6 Å². The van der Waals surface area contributed by atoms with Crippen LogP contribution in [-0.2, 0) is 14.0 Å². The van der Waals surface area contributed by atoms with Crippen LogP contribution >= 0.6 is 22.6 Å². The van der Waals surface area contributed by atoms with Gasteiger partial charge in [0.1, 0.15) is 0 Å². The van der Waals surface area contributed by atoms with Crippen molar-refractivity contribution >= 4 is 29.7 Å². The normalized spacial score (nSPS) is 36.7. The van der Waals surface area contributed by atoms with E-state index >= 15 is 0 Å². The lowest BCUT2D eigenvalue weighted by Crippen LogP contribution is -2.43. The molecule has 0 radical (unpaired) electrons. The van der Waals surface area contributed by atoms with E-state index in [0.717, 1.165) is 6.42 Å². The first-order chi connectivity index (χ1) is 8.23. The predicted molar refractivity (Wildman–Crippen MR) is 82.1 cm³/mol. The van der Waals surface area contributed by atoms with E-state index in [0.29, 0.717) is 6.10 Å². The summed E-state index contributed by atoms with van der Waals surface area (Å²) in [5.41, 5.74) is -0.497. The van der Waals surface area contributed by atoms with Crippen molar-refractivity contribution in [1.29, 1.82) is 0 Å². The quantitative estimate of drug-likeness (QED) is 0.426.